The molecule has 1 fully saturated rings. The number of carbonyl (C=O) groups excluding carboxylic acids is 1. The van der Waals surface area contributed by atoms with Crippen LogP contribution < -0.4 is 14.4 Å². The molecular weight excluding hydrogens is 488 g/mol. The van der Waals surface area contributed by atoms with E-state index in [-0.39, 0.29) is 5.91 Å². The summed E-state index contributed by atoms with van der Waals surface area (Å²) in [5.74, 6) is -0.565. The number of hydrogen-bond donors (Lipinski definition) is 1. The highest BCUT2D eigenvalue weighted by molar-refractivity contribution is 8.19. The van der Waals surface area contributed by atoms with Gasteiger partial charge in [0.05, 0.1) is 23.4 Å². The molecule has 0 radical (unpaired) electrons. The molecule has 1 heterocycles. The van der Waals surface area contributed by atoms with E-state index < -0.39 is 12.6 Å². The highest BCUT2D eigenvalue weighted by Gasteiger charge is 2.35. The fourth-order valence-corrected chi connectivity index (χ4v) is 4.84. The lowest BCUT2D eigenvalue weighted by Gasteiger charge is -2.19. The van der Waals surface area contributed by atoms with Gasteiger partial charge in [-0.2, -0.15) is 0 Å². The quantitative estimate of drug-likeness (QED) is 0.376. The molecule has 0 bridgehead atoms. The van der Waals surface area contributed by atoms with Gasteiger partial charge < -0.3 is 14.6 Å². The number of nitrogens with zero attached hydrogens (tertiary/aromatic N) is 2. The summed E-state index contributed by atoms with van der Waals surface area (Å²) in [5, 5.41) is 9.47. The largest absolute Gasteiger partial charge is 0.493 e. The van der Waals surface area contributed by atoms with Gasteiger partial charge >= 0.3 is 5.97 Å². The molecule has 1 saturated heterocycles. The van der Waals surface area contributed by atoms with Crippen molar-refractivity contribution in [3.05, 3.63) is 87.3 Å². The molecule has 1 amide bonds. The SMILES string of the molecule is COc1cc(C=C2SC(=Nc3cc(C)ccc3C)N(c3cc(C)ccc3C)C2=O)ccc1OCC(=O)O. The maximum atomic E-state index is 13.8. The number of benzene rings is 3. The molecular formula is C29H28N2O5S. The van der Waals surface area contributed by atoms with Crippen molar-refractivity contribution in [2.24, 2.45) is 4.99 Å². The second-order valence-corrected chi connectivity index (χ2v) is 9.83. The maximum absolute atomic E-state index is 13.8. The van der Waals surface area contributed by atoms with Gasteiger partial charge in [-0.05, 0) is 97.6 Å². The molecule has 1 aliphatic rings. The van der Waals surface area contributed by atoms with Gasteiger partial charge in [0.15, 0.2) is 23.3 Å². The van der Waals surface area contributed by atoms with Crippen LogP contribution in [0.5, 0.6) is 11.5 Å². The summed E-state index contributed by atoms with van der Waals surface area (Å²) in [6, 6.07) is 17.2. The van der Waals surface area contributed by atoms with Gasteiger partial charge in [-0.15, -0.1) is 0 Å². The lowest BCUT2D eigenvalue weighted by Crippen LogP contribution is -2.29. The summed E-state index contributed by atoms with van der Waals surface area (Å²) in [5.41, 5.74) is 6.44. The van der Waals surface area contributed by atoms with Crippen molar-refractivity contribution in [1.82, 2.24) is 0 Å². The van der Waals surface area contributed by atoms with E-state index in [1.807, 2.05) is 64.1 Å². The molecule has 3 aromatic rings. The third-order valence-electron chi connectivity index (χ3n) is 5.83. The number of ether oxygens (including phenoxy) is 2. The Morgan fingerprint density at radius 1 is 0.973 bits per heavy atom. The molecule has 1 aliphatic heterocycles. The number of carboxylic acids is 1. The molecule has 0 aromatic heterocycles. The van der Waals surface area contributed by atoms with Crippen LogP contribution in [0.2, 0.25) is 0 Å². The zero-order valence-corrected chi connectivity index (χ0v) is 22.2. The van der Waals surface area contributed by atoms with E-state index in [2.05, 4.69) is 0 Å². The Morgan fingerprint density at radius 3 is 2.38 bits per heavy atom. The number of carbonyl (C=O) groups is 2. The minimum atomic E-state index is -1.08. The predicted molar refractivity (Wildman–Crippen MR) is 148 cm³/mol. The summed E-state index contributed by atoms with van der Waals surface area (Å²) < 4.78 is 10.7. The lowest BCUT2D eigenvalue weighted by atomic mass is 10.1. The number of anilines is 1. The molecule has 8 heteroatoms. The van der Waals surface area contributed by atoms with Gasteiger partial charge in [-0.3, -0.25) is 9.69 Å². The summed E-state index contributed by atoms with van der Waals surface area (Å²) in [6.07, 6.45) is 1.78. The number of rotatable bonds is 7. The molecule has 0 unspecified atom stereocenters. The third-order valence-corrected chi connectivity index (χ3v) is 6.80. The topological polar surface area (TPSA) is 88.4 Å². The zero-order valence-electron chi connectivity index (χ0n) is 21.4. The van der Waals surface area contributed by atoms with Crippen molar-refractivity contribution in [2.45, 2.75) is 27.7 Å². The predicted octanol–water partition coefficient (Wildman–Crippen LogP) is 6.20. The molecule has 4 rings (SSSR count). The van der Waals surface area contributed by atoms with Gasteiger partial charge in [0.1, 0.15) is 0 Å². The first-order valence-electron chi connectivity index (χ1n) is 11.7. The van der Waals surface area contributed by atoms with Crippen LogP contribution >= 0.6 is 11.8 Å². The van der Waals surface area contributed by atoms with Crippen molar-refractivity contribution in [2.75, 3.05) is 18.6 Å². The smallest absolute Gasteiger partial charge is 0.341 e. The summed E-state index contributed by atoms with van der Waals surface area (Å²) in [7, 11) is 1.48. The normalized spacial score (nSPS) is 15.5. The van der Waals surface area contributed by atoms with E-state index in [0.717, 1.165) is 33.6 Å². The number of aryl methyl sites for hydroxylation is 4. The van der Waals surface area contributed by atoms with Crippen LogP contribution in [0.1, 0.15) is 27.8 Å². The fourth-order valence-electron chi connectivity index (χ4n) is 3.85. The van der Waals surface area contributed by atoms with Gasteiger partial charge in [0.25, 0.3) is 5.91 Å². The van der Waals surface area contributed by atoms with E-state index in [9.17, 15) is 9.59 Å². The van der Waals surface area contributed by atoms with Crippen molar-refractivity contribution >= 4 is 46.3 Å². The molecule has 0 saturated carbocycles. The Morgan fingerprint density at radius 2 is 1.68 bits per heavy atom. The molecule has 3 aromatic carbocycles. The summed E-state index contributed by atoms with van der Waals surface area (Å²) >= 11 is 1.31. The number of thioether (sulfide) groups is 1. The summed E-state index contributed by atoms with van der Waals surface area (Å²) in [6.45, 7) is 7.51. The molecule has 0 spiro atoms. The minimum Gasteiger partial charge on any atom is -0.493 e. The Hall–Kier alpha value is -4.04. The average molecular weight is 517 g/mol. The number of aliphatic imine (C=N–C) groups is 1. The monoisotopic (exact) mass is 516 g/mol. The maximum Gasteiger partial charge on any atom is 0.341 e. The molecule has 190 valence electrons. The van der Waals surface area contributed by atoms with Crippen molar-refractivity contribution < 1.29 is 24.2 Å². The Labute approximate surface area is 220 Å². The Balaban J connectivity index is 1.78. The first-order valence-corrected chi connectivity index (χ1v) is 12.5. The molecule has 0 aliphatic carbocycles. The van der Waals surface area contributed by atoms with Gasteiger partial charge in [0.2, 0.25) is 0 Å². The molecule has 0 atom stereocenters. The van der Waals surface area contributed by atoms with Gasteiger partial charge in [-0.1, -0.05) is 30.3 Å². The van der Waals surface area contributed by atoms with Crippen LogP contribution in [0.3, 0.4) is 0 Å². The average Bonchev–Trinajstić information content (AvgIpc) is 3.16. The number of hydrogen-bond acceptors (Lipinski definition) is 6. The lowest BCUT2D eigenvalue weighted by molar-refractivity contribution is -0.139. The van der Waals surface area contributed by atoms with E-state index in [1.54, 1.807) is 29.2 Å². The van der Waals surface area contributed by atoms with Crippen molar-refractivity contribution in [1.29, 1.82) is 0 Å². The van der Waals surface area contributed by atoms with Gasteiger partial charge in [0, 0.05) is 0 Å². The summed E-state index contributed by atoms with van der Waals surface area (Å²) in [4.78, 5) is 31.7. The van der Waals surface area contributed by atoms with Crippen LogP contribution in [0.15, 0.2) is 64.5 Å². The van der Waals surface area contributed by atoms with Crippen LogP contribution in [-0.4, -0.2) is 35.9 Å². The Bertz CT molecular complexity index is 1440. The van der Waals surface area contributed by atoms with E-state index >= 15 is 0 Å². The zero-order chi connectivity index (χ0) is 26.7. The third kappa shape index (κ3) is 5.86. The standard InChI is InChI=1S/C29H28N2O5S/c1-17-6-8-19(3)22(12-17)30-29-31(23-13-18(2)7-9-20(23)4)28(34)26(37-29)15-21-10-11-24(25(14-21)35-5)36-16-27(32)33/h6-15H,16H2,1-5H3,(H,32,33). The molecule has 7 nitrogen and oxygen atoms in total. The molecule has 37 heavy (non-hydrogen) atoms. The fraction of sp³-hybridized carbons (Fsp3) is 0.207. The minimum absolute atomic E-state index is 0.173. The van der Waals surface area contributed by atoms with Crippen LogP contribution in [0, 0.1) is 27.7 Å². The highest BCUT2D eigenvalue weighted by Crippen LogP contribution is 2.40. The number of aliphatic carboxylic acids is 1. The van der Waals surface area contributed by atoms with E-state index in [1.165, 1.54) is 18.9 Å². The second kappa shape index (κ2) is 10.9. The number of amides is 1. The first kappa shape index (κ1) is 26.0. The second-order valence-electron chi connectivity index (χ2n) is 8.82. The van der Waals surface area contributed by atoms with E-state index in [4.69, 9.17) is 19.6 Å². The number of carboxylic acid groups (broad SMARTS) is 1. The Kier molecular flexibility index (Phi) is 7.69. The van der Waals surface area contributed by atoms with Gasteiger partial charge in [-0.25, -0.2) is 9.79 Å². The first-order chi connectivity index (χ1) is 17.7. The molecule has 1 N–H and O–H groups in total. The van der Waals surface area contributed by atoms with Crippen molar-refractivity contribution in [3.63, 3.8) is 0 Å². The van der Waals surface area contributed by atoms with E-state index in [0.29, 0.717) is 27.1 Å². The number of methoxy groups -OCH3 is 1. The highest BCUT2D eigenvalue weighted by atomic mass is 32.2. The van der Waals surface area contributed by atoms with Crippen LogP contribution in [0.25, 0.3) is 6.08 Å². The number of amidine groups is 1. The van der Waals surface area contributed by atoms with Crippen LogP contribution in [-0.2, 0) is 9.59 Å². The van der Waals surface area contributed by atoms with Crippen LogP contribution in [0.4, 0.5) is 11.4 Å². The van der Waals surface area contributed by atoms with Crippen molar-refractivity contribution in [3.8, 4) is 11.5 Å².